The van der Waals surface area contributed by atoms with Gasteiger partial charge in [0.15, 0.2) is 11.5 Å². The van der Waals surface area contributed by atoms with Gasteiger partial charge < -0.3 is 29.5 Å². The molecule has 2 aliphatic rings. The summed E-state index contributed by atoms with van der Waals surface area (Å²) in [6.45, 7) is 7.75. The Bertz CT molecular complexity index is 1430. The van der Waals surface area contributed by atoms with Crippen LogP contribution in [0, 0.1) is 0 Å². The molecule has 43 heavy (non-hydrogen) atoms. The molecule has 3 aromatic rings. The van der Waals surface area contributed by atoms with Gasteiger partial charge >= 0.3 is 6.18 Å². The minimum Gasteiger partial charge on any atom is -0.493 e. The lowest BCUT2D eigenvalue weighted by Gasteiger charge is -2.36. The van der Waals surface area contributed by atoms with E-state index in [0.29, 0.717) is 43.0 Å². The van der Waals surface area contributed by atoms with Crippen molar-refractivity contribution >= 4 is 17.5 Å². The van der Waals surface area contributed by atoms with E-state index in [4.69, 9.17) is 9.47 Å². The van der Waals surface area contributed by atoms with Gasteiger partial charge in [-0.25, -0.2) is 9.97 Å². The van der Waals surface area contributed by atoms with Crippen molar-refractivity contribution in [1.29, 1.82) is 0 Å². The van der Waals surface area contributed by atoms with Crippen molar-refractivity contribution in [2.75, 3.05) is 63.7 Å². The van der Waals surface area contributed by atoms with Crippen LogP contribution in [0.1, 0.15) is 53.0 Å². The summed E-state index contributed by atoms with van der Waals surface area (Å²) in [5, 5.41) is 2.90. The first-order chi connectivity index (χ1) is 20.7. The number of piperazine rings is 1. The number of carbonyl (C=O) groups is 1. The predicted octanol–water partition coefficient (Wildman–Crippen LogP) is 5.24. The monoisotopic (exact) mass is 598 g/mol. The van der Waals surface area contributed by atoms with Crippen LogP contribution in [0.4, 0.5) is 24.8 Å². The van der Waals surface area contributed by atoms with E-state index in [1.165, 1.54) is 0 Å². The molecular formula is C31H37F3N6O3. The summed E-state index contributed by atoms with van der Waals surface area (Å²) in [4.78, 5) is 28.1. The second-order valence-corrected chi connectivity index (χ2v) is 10.6. The molecule has 5 rings (SSSR count). The van der Waals surface area contributed by atoms with Gasteiger partial charge in [-0.05, 0) is 55.3 Å². The molecule has 0 radical (unpaired) electrons. The summed E-state index contributed by atoms with van der Waals surface area (Å²) < 4.78 is 50.3. The smallest absolute Gasteiger partial charge is 0.433 e. The first kappa shape index (κ1) is 30.4. The van der Waals surface area contributed by atoms with E-state index < -0.39 is 11.9 Å². The van der Waals surface area contributed by atoms with Crippen LogP contribution in [0.25, 0.3) is 0 Å². The van der Waals surface area contributed by atoms with Crippen LogP contribution in [-0.2, 0) is 12.7 Å². The Morgan fingerprint density at radius 3 is 2.49 bits per heavy atom. The van der Waals surface area contributed by atoms with Crippen LogP contribution in [0.2, 0.25) is 0 Å². The minimum absolute atomic E-state index is 0.0435. The predicted molar refractivity (Wildman–Crippen MR) is 158 cm³/mol. The average Bonchev–Trinajstić information content (AvgIpc) is 3.36. The number of rotatable bonds is 11. The maximum absolute atomic E-state index is 13.9. The number of methoxy groups -OCH3 is 2. The lowest BCUT2D eigenvalue weighted by Crippen LogP contribution is -2.46. The van der Waals surface area contributed by atoms with Crippen LogP contribution in [0.15, 0.2) is 48.7 Å². The van der Waals surface area contributed by atoms with Gasteiger partial charge in [0.1, 0.15) is 5.69 Å². The van der Waals surface area contributed by atoms with E-state index >= 15 is 0 Å². The fourth-order valence-electron chi connectivity index (χ4n) is 5.85. The van der Waals surface area contributed by atoms with Crippen LogP contribution in [0.3, 0.4) is 0 Å². The molecule has 1 N–H and O–H groups in total. The van der Waals surface area contributed by atoms with E-state index in [9.17, 15) is 18.0 Å². The third-order valence-electron chi connectivity index (χ3n) is 8.18. The number of hydrogen-bond donors (Lipinski definition) is 1. The molecule has 1 fully saturated rings. The Balaban J connectivity index is 1.37. The van der Waals surface area contributed by atoms with Gasteiger partial charge in [0.05, 0.1) is 20.3 Å². The summed E-state index contributed by atoms with van der Waals surface area (Å²) in [5.74, 6) is 1.00. The molecule has 0 saturated carbocycles. The zero-order valence-corrected chi connectivity index (χ0v) is 24.7. The summed E-state index contributed by atoms with van der Waals surface area (Å²) in [5.41, 5.74) is 2.71. The van der Waals surface area contributed by atoms with Crippen molar-refractivity contribution in [2.45, 2.75) is 38.5 Å². The quantitative estimate of drug-likeness (QED) is 0.300. The SMILES string of the molecule is CCN1CCN(c2cccc3c2CN([C@H](CCCNc2nccc(C(F)(F)F)n2)c2ccc(OC)c(OC)c2)C3=O)CC1. The topological polar surface area (TPSA) is 83.1 Å². The molecule has 230 valence electrons. The van der Waals surface area contributed by atoms with Gasteiger partial charge in [0.25, 0.3) is 5.91 Å². The molecule has 3 heterocycles. The largest absolute Gasteiger partial charge is 0.493 e. The Labute approximate surface area is 249 Å². The molecule has 0 bridgehead atoms. The van der Waals surface area contributed by atoms with E-state index in [1.54, 1.807) is 14.2 Å². The maximum Gasteiger partial charge on any atom is 0.433 e. The fraction of sp³-hybridized carbons (Fsp3) is 0.452. The minimum atomic E-state index is -4.55. The van der Waals surface area contributed by atoms with Crippen molar-refractivity contribution in [3.05, 3.63) is 71.0 Å². The van der Waals surface area contributed by atoms with Gasteiger partial charge in [-0.15, -0.1) is 0 Å². The zero-order valence-electron chi connectivity index (χ0n) is 24.7. The molecule has 1 atom stereocenters. The van der Waals surface area contributed by atoms with E-state index in [2.05, 4.69) is 38.1 Å². The highest BCUT2D eigenvalue weighted by atomic mass is 19.4. The molecule has 9 nitrogen and oxygen atoms in total. The van der Waals surface area contributed by atoms with Gasteiger partial charge in [0.2, 0.25) is 5.95 Å². The third kappa shape index (κ3) is 6.64. The van der Waals surface area contributed by atoms with Crippen molar-refractivity contribution in [3.8, 4) is 11.5 Å². The number of aromatic nitrogens is 2. The summed E-state index contributed by atoms with van der Waals surface area (Å²) in [7, 11) is 3.13. The van der Waals surface area contributed by atoms with Crippen molar-refractivity contribution in [1.82, 2.24) is 19.8 Å². The molecule has 0 spiro atoms. The molecule has 1 saturated heterocycles. The van der Waals surface area contributed by atoms with Crippen LogP contribution in [-0.4, -0.2) is 79.2 Å². The van der Waals surface area contributed by atoms with Crippen LogP contribution >= 0.6 is 0 Å². The first-order valence-electron chi connectivity index (χ1n) is 14.5. The first-order valence-corrected chi connectivity index (χ1v) is 14.5. The third-order valence-corrected chi connectivity index (χ3v) is 8.18. The van der Waals surface area contributed by atoms with E-state index in [-0.39, 0.29) is 17.9 Å². The van der Waals surface area contributed by atoms with E-state index in [1.807, 2.05) is 35.2 Å². The highest BCUT2D eigenvalue weighted by Gasteiger charge is 2.36. The maximum atomic E-state index is 13.9. The molecule has 12 heteroatoms. The Morgan fingerprint density at radius 2 is 1.79 bits per heavy atom. The molecule has 1 amide bonds. The molecule has 0 unspecified atom stereocenters. The van der Waals surface area contributed by atoms with Crippen LogP contribution in [0.5, 0.6) is 11.5 Å². The zero-order chi connectivity index (χ0) is 30.6. The number of fused-ring (bicyclic) bond motifs is 1. The molecular weight excluding hydrogens is 561 g/mol. The number of amides is 1. The fourth-order valence-corrected chi connectivity index (χ4v) is 5.85. The lowest BCUT2D eigenvalue weighted by molar-refractivity contribution is -0.141. The summed E-state index contributed by atoms with van der Waals surface area (Å²) in [6, 6.07) is 12.1. The standard InChI is InChI=1S/C31H37F3N6O3/c1-4-38-15-17-39(18-16-38)25-8-5-7-22-23(25)20-40(29(22)41)24(21-10-11-26(42-2)27(19-21)43-3)9-6-13-35-30-36-14-12-28(37-30)31(32,33)34/h5,7-8,10-12,14,19,24H,4,6,9,13,15-18,20H2,1-3H3,(H,35,36,37)/t24-/m1/s1. The molecule has 2 aromatic carbocycles. The number of anilines is 2. The Morgan fingerprint density at radius 1 is 1.02 bits per heavy atom. The number of likely N-dealkylation sites (N-methyl/N-ethyl adjacent to an activating group) is 1. The Hall–Kier alpha value is -4.06. The average molecular weight is 599 g/mol. The second-order valence-electron chi connectivity index (χ2n) is 10.6. The van der Waals surface area contributed by atoms with E-state index in [0.717, 1.165) is 61.8 Å². The van der Waals surface area contributed by atoms with Crippen molar-refractivity contribution < 1.29 is 27.4 Å². The number of nitrogens with zero attached hydrogens (tertiary/aromatic N) is 5. The number of benzene rings is 2. The number of nitrogens with one attached hydrogen (secondary N) is 1. The van der Waals surface area contributed by atoms with Crippen molar-refractivity contribution in [2.24, 2.45) is 0 Å². The van der Waals surface area contributed by atoms with Crippen molar-refractivity contribution in [3.63, 3.8) is 0 Å². The van der Waals surface area contributed by atoms with Gasteiger partial charge in [-0.2, -0.15) is 13.2 Å². The summed E-state index contributed by atoms with van der Waals surface area (Å²) >= 11 is 0. The number of ether oxygens (including phenoxy) is 2. The number of hydrogen-bond acceptors (Lipinski definition) is 8. The number of halogens is 3. The number of alkyl halides is 3. The van der Waals surface area contributed by atoms with Crippen LogP contribution < -0.4 is 19.7 Å². The highest BCUT2D eigenvalue weighted by Crippen LogP contribution is 2.40. The summed E-state index contributed by atoms with van der Waals surface area (Å²) in [6.07, 6.45) is -2.37. The normalized spacial score (nSPS) is 16.3. The Kier molecular flexibility index (Phi) is 9.24. The highest BCUT2D eigenvalue weighted by molar-refractivity contribution is 6.00. The number of carbonyl (C=O) groups excluding carboxylic acids is 1. The van der Waals surface area contributed by atoms with Gasteiger partial charge in [-0.1, -0.05) is 19.1 Å². The molecule has 0 aliphatic carbocycles. The lowest BCUT2D eigenvalue weighted by atomic mass is 9.99. The van der Waals surface area contributed by atoms with Gasteiger partial charge in [0, 0.05) is 62.3 Å². The second kappa shape index (κ2) is 13.1. The molecule has 1 aromatic heterocycles. The van der Waals surface area contributed by atoms with Gasteiger partial charge in [-0.3, -0.25) is 4.79 Å². The molecule has 2 aliphatic heterocycles.